The minimum Gasteiger partial charge on any atom is -0.461 e. The zero-order chi connectivity index (χ0) is 14.8. The van der Waals surface area contributed by atoms with E-state index in [9.17, 15) is 0 Å². The maximum Gasteiger partial charge on any atom is 0.134 e. The Balaban J connectivity index is 1.81. The van der Waals surface area contributed by atoms with Gasteiger partial charge in [0.15, 0.2) is 0 Å². The standard InChI is InChI=1S/C18H26N2O/c1-4-17-16(15-10-5-6-11-18(15)21-17)12-19-20-13(2)8-7-9-14(20)3/h5-6,10-11,13-14,19H,4,7-9,12H2,1-3H3. The highest BCUT2D eigenvalue weighted by atomic mass is 16.3. The van der Waals surface area contributed by atoms with Crippen LogP contribution in [0.5, 0.6) is 0 Å². The molecule has 1 saturated heterocycles. The van der Waals surface area contributed by atoms with E-state index in [-0.39, 0.29) is 0 Å². The van der Waals surface area contributed by atoms with Crippen molar-refractivity contribution in [2.24, 2.45) is 0 Å². The number of aryl methyl sites for hydroxylation is 1. The second-order valence-corrected chi connectivity index (χ2v) is 6.22. The minimum atomic E-state index is 0.608. The molecule has 3 rings (SSSR count). The normalized spacial score (nSPS) is 23.8. The van der Waals surface area contributed by atoms with Crippen LogP contribution >= 0.6 is 0 Å². The van der Waals surface area contributed by atoms with Crippen LogP contribution in [0.2, 0.25) is 0 Å². The lowest BCUT2D eigenvalue weighted by atomic mass is 10.00. The molecule has 2 unspecified atom stereocenters. The van der Waals surface area contributed by atoms with E-state index in [1.807, 2.05) is 6.07 Å². The summed E-state index contributed by atoms with van der Waals surface area (Å²) < 4.78 is 5.98. The highest BCUT2D eigenvalue weighted by molar-refractivity contribution is 5.82. The molecule has 3 heteroatoms. The number of hydrazine groups is 1. The van der Waals surface area contributed by atoms with Gasteiger partial charge in [0.25, 0.3) is 0 Å². The first-order chi connectivity index (χ1) is 10.2. The molecule has 1 fully saturated rings. The largest absolute Gasteiger partial charge is 0.461 e. The lowest BCUT2D eigenvalue weighted by Crippen LogP contribution is -2.51. The molecular formula is C18H26N2O. The van der Waals surface area contributed by atoms with Gasteiger partial charge in [0, 0.05) is 36.0 Å². The van der Waals surface area contributed by atoms with Crippen LogP contribution in [0.25, 0.3) is 11.0 Å². The van der Waals surface area contributed by atoms with Crippen molar-refractivity contribution < 1.29 is 4.42 Å². The lowest BCUT2D eigenvalue weighted by molar-refractivity contribution is 0.0435. The van der Waals surface area contributed by atoms with E-state index >= 15 is 0 Å². The van der Waals surface area contributed by atoms with Crippen molar-refractivity contribution in [3.63, 3.8) is 0 Å². The summed E-state index contributed by atoms with van der Waals surface area (Å²) >= 11 is 0. The molecule has 0 spiro atoms. The van der Waals surface area contributed by atoms with Gasteiger partial charge in [-0.3, -0.25) is 5.43 Å². The van der Waals surface area contributed by atoms with Crippen molar-refractivity contribution in [3.05, 3.63) is 35.6 Å². The van der Waals surface area contributed by atoms with E-state index in [0.717, 1.165) is 24.3 Å². The number of benzene rings is 1. The highest BCUT2D eigenvalue weighted by Crippen LogP contribution is 2.27. The Morgan fingerprint density at radius 1 is 1.19 bits per heavy atom. The maximum atomic E-state index is 5.98. The second-order valence-electron chi connectivity index (χ2n) is 6.22. The molecule has 2 heterocycles. The minimum absolute atomic E-state index is 0.608. The summed E-state index contributed by atoms with van der Waals surface area (Å²) in [6.07, 6.45) is 4.85. The monoisotopic (exact) mass is 286 g/mol. The van der Waals surface area contributed by atoms with Gasteiger partial charge in [-0.1, -0.05) is 31.5 Å². The van der Waals surface area contributed by atoms with E-state index in [1.54, 1.807) is 0 Å². The van der Waals surface area contributed by atoms with Crippen LogP contribution in [0, 0.1) is 0 Å². The van der Waals surface area contributed by atoms with Gasteiger partial charge in [0.2, 0.25) is 0 Å². The number of nitrogens with zero attached hydrogens (tertiary/aromatic N) is 1. The van der Waals surface area contributed by atoms with Crippen molar-refractivity contribution >= 4 is 11.0 Å². The number of nitrogens with one attached hydrogen (secondary N) is 1. The van der Waals surface area contributed by atoms with E-state index < -0.39 is 0 Å². The molecule has 21 heavy (non-hydrogen) atoms. The van der Waals surface area contributed by atoms with Crippen molar-refractivity contribution in [3.8, 4) is 0 Å². The predicted octanol–water partition coefficient (Wildman–Crippen LogP) is 4.26. The van der Waals surface area contributed by atoms with Crippen LogP contribution in [0.1, 0.15) is 51.4 Å². The van der Waals surface area contributed by atoms with Crippen molar-refractivity contribution in [1.29, 1.82) is 0 Å². The van der Waals surface area contributed by atoms with Crippen molar-refractivity contribution in [1.82, 2.24) is 10.4 Å². The Bertz CT molecular complexity index is 594. The van der Waals surface area contributed by atoms with E-state index in [4.69, 9.17) is 4.42 Å². The van der Waals surface area contributed by atoms with Crippen LogP contribution in [0.3, 0.4) is 0 Å². The second kappa shape index (κ2) is 6.20. The fraction of sp³-hybridized carbons (Fsp3) is 0.556. The first kappa shape index (κ1) is 14.6. The predicted molar refractivity (Wildman–Crippen MR) is 87.0 cm³/mol. The van der Waals surface area contributed by atoms with Crippen LogP contribution < -0.4 is 5.43 Å². The van der Waals surface area contributed by atoms with E-state index in [0.29, 0.717) is 12.1 Å². The van der Waals surface area contributed by atoms with Crippen LogP contribution in [0.15, 0.2) is 28.7 Å². The molecule has 0 bridgehead atoms. The van der Waals surface area contributed by atoms with E-state index in [1.165, 1.54) is 30.2 Å². The van der Waals surface area contributed by atoms with Crippen molar-refractivity contribution in [2.75, 3.05) is 0 Å². The number of furan rings is 1. The summed E-state index contributed by atoms with van der Waals surface area (Å²) in [7, 11) is 0. The molecule has 1 N–H and O–H groups in total. The van der Waals surface area contributed by atoms with Gasteiger partial charge >= 0.3 is 0 Å². The molecule has 0 saturated carbocycles. The third-order valence-electron chi connectivity index (χ3n) is 4.73. The molecule has 1 aromatic heterocycles. The van der Waals surface area contributed by atoms with Gasteiger partial charge in [0.1, 0.15) is 11.3 Å². The molecule has 0 amide bonds. The Labute approximate surface area is 127 Å². The number of fused-ring (bicyclic) bond motifs is 1. The molecule has 1 aromatic carbocycles. The van der Waals surface area contributed by atoms with Gasteiger partial charge in [-0.2, -0.15) is 0 Å². The van der Waals surface area contributed by atoms with Gasteiger partial charge in [0.05, 0.1) is 0 Å². The number of rotatable bonds is 4. The number of hydrogen-bond acceptors (Lipinski definition) is 3. The molecular weight excluding hydrogens is 260 g/mol. The quantitative estimate of drug-likeness (QED) is 0.910. The summed E-state index contributed by atoms with van der Waals surface area (Å²) in [4.78, 5) is 0. The molecule has 1 aliphatic rings. The van der Waals surface area contributed by atoms with Gasteiger partial charge < -0.3 is 4.42 Å². The Hall–Kier alpha value is -1.32. The molecule has 2 aromatic rings. The molecule has 1 aliphatic heterocycles. The zero-order valence-electron chi connectivity index (χ0n) is 13.4. The Morgan fingerprint density at radius 2 is 1.90 bits per heavy atom. The molecule has 0 aliphatic carbocycles. The number of para-hydroxylation sites is 1. The van der Waals surface area contributed by atoms with Gasteiger partial charge in [-0.25, -0.2) is 5.01 Å². The lowest BCUT2D eigenvalue weighted by Gasteiger charge is -2.39. The van der Waals surface area contributed by atoms with Crippen LogP contribution in [-0.4, -0.2) is 17.1 Å². The van der Waals surface area contributed by atoms with Gasteiger partial charge in [-0.05, 0) is 32.8 Å². The first-order valence-corrected chi connectivity index (χ1v) is 8.21. The van der Waals surface area contributed by atoms with Crippen LogP contribution in [-0.2, 0) is 13.0 Å². The summed E-state index contributed by atoms with van der Waals surface area (Å²) in [6.45, 7) is 7.65. The summed E-state index contributed by atoms with van der Waals surface area (Å²) in [5.74, 6) is 1.11. The molecule has 3 nitrogen and oxygen atoms in total. The zero-order valence-corrected chi connectivity index (χ0v) is 13.4. The molecule has 0 radical (unpaired) electrons. The van der Waals surface area contributed by atoms with Crippen molar-refractivity contribution in [2.45, 2.75) is 65.1 Å². The summed E-state index contributed by atoms with van der Waals surface area (Å²) in [5.41, 5.74) is 5.99. The molecule has 2 atom stereocenters. The average molecular weight is 286 g/mol. The average Bonchev–Trinajstić information content (AvgIpc) is 2.85. The topological polar surface area (TPSA) is 28.4 Å². The SMILES string of the molecule is CCc1oc2ccccc2c1CNN1C(C)CCCC1C. The Morgan fingerprint density at radius 3 is 2.62 bits per heavy atom. The summed E-state index contributed by atoms with van der Waals surface area (Å²) in [5, 5.41) is 3.68. The third kappa shape index (κ3) is 2.85. The Kier molecular flexibility index (Phi) is 4.32. The maximum absolute atomic E-state index is 5.98. The number of hydrogen-bond donors (Lipinski definition) is 1. The van der Waals surface area contributed by atoms with E-state index in [2.05, 4.69) is 49.4 Å². The van der Waals surface area contributed by atoms with Crippen LogP contribution in [0.4, 0.5) is 0 Å². The molecule has 114 valence electrons. The van der Waals surface area contributed by atoms with Gasteiger partial charge in [-0.15, -0.1) is 0 Å². The smallest absolute Gasteiger partial charge is 0.134 e. The fourth-order valence-electron chi connectivity index (χ4n) is 3.53. The highest BCUT2D eigenvalue weighted by Gasteiger charge is 2.25. The summed E-state index contributed by atoms with van der Waals surface area (Å²) in [6, 6.07) is 9.57. The fourth-order valence-corrected chi connectivity index (χ4v) is 3.53. The number of piperidine rings is 1. The third-order valence-corrected chi connectivity index (χ3v) is 4.73. The first-order valence-electron chi connectivity index (χ1n) is 8.21.